The summed E-state index contributed by atoms with van der Waals surface area (Å²) in [6.45, 7) is 1.27. The topological polar surface area (TPSA) is 110 Å². The van der Waals surface area contributed by atoms with Crippen molar-refractivity contribution in [1.29, 1.82) is 0 Å². The number of hydrogen-bond acceptors (Lipinski definition) is 5. The largest absolute Gasteiger partial charge is 0.398 e. The van der Waals surface area contributed by atoms with Crippen LogP contribution in [0.25, 0.3) is 0 Å². The van der Waals surface area contributed by atoms with Crippen LogP contribution in [0.1, 0.15) is 6.42 Å². The van der Waals surface area contributed by atoms with Gasteiger partial charge in [0.15, 0.2) is 0 Å². The molecule has 0 spiro atoms. The summed E-state index contributed by atoms with van der Waals surface area (Å²) in [6.07, 6.45) is 0.366. The van der Waals surface area contributed by atoms with Crippen molar-refractivity contribution in [3.05, 3.63) is 18.2 Å². The molecule has 0 amide bonds. The van der Waals surface area contributed by atoms with Gasteiger partial charge in [0.25, 0.3) is 0 Å². The summed E-state index contributed by atoms with van der Waals surface area (Å²) < 4.78 is 22.4. The number of anilines is 2. The van der Waals surface area contributed by atoms with Crippen molar-refractivity contribution in [1.82, 2.24) is 0 Å². The minimum atomic E-state index is -3.78. The van der Waals surface area contributed by atoms with E-state index in [-0.39, 0.29) is 16.7 Å². The highest BCUT2D eigenvalue weighted by Gasteiger charge is 2.21. The van der Waals surface area contributed by atoms with E-state index in [1.165, 1.54) is 6.07 Å². The molecule has 1 aromatic carbocycles. The van der Waals surface area contributed by atoms with Crippen LogP contribution in [-0.2, 0) is 10.0 Å². The summed E-state index contributed by atoms with van der Waals surface area (Å²) in [5, 5.41) is 14.4. The Morgan fingerprint density at radius 3 is 2.59 bits per heavy atom. The fraction of sp³-hybridized carbons (Fsp3) is 0.400. The van der Waals surface area contributed by atoms with Crippen LogP contribution in [0.15, 0.2) is 23.1 Å². The molecule has 1 unspecified atom stereocenters. The molecule has 7 heteroatoms. The van der Waals surface area contributed by atoms with Crippen LogP contribution in [-0.4, -0.2) is 32.7 Å². The van der Waals surface area contributed by atoms with Crippen molar-refractivity contribution in [3.63, 3.8) is 0 Å². The van der Waals surface area contributed by atoms with Crippen LogP contribution in [0.4, 0.5) is 11.4 Å². The number of nitrogens with two attached hydrogens (primary N) is 2. The summed E-state index contributed by atoms with van der Waals surface area (Å²) in [5.74, 6) is 0. The second-order valence-corrected chi connectivity index (χ2v) is 5.69. The van der Waals surface area contributed by atoms with Gasteiger partial charge in [0, 0.05) is 18.8 Å². The third-order valence-electron chi connectivity index (χ3n) is 2.83. The maximum atomic E-state index is 11.2. The van der Waals surface area contributed by atoms with Crippen molar-refractivity contribution in [2.45, 2.75) is 17.4 Å². The molecule has 94 valence electrons. The molecular weight excluding hydrogens is 242 g/mol. The molecule has 1 atom stereocenters. The molecule has 0 saturated carbocycles. The molecule has 1 aliphatic heterocycles. The third-order valence-corrected chi connectivity index (χ3v) is 3.81. The van der Waals surface area contributed by atoms with Crippen molar-refractivity contribution < 1.29 is 13.5 Å². The molecule has 5 N–H and O–H groups in total. The molecule has 0 radical (unpaired) electrons. The first-order chi connectivity index (χ1) is 7.88. The average molecular weight is 257 g/mol. The molecule has 1 heterocycles. The molecule has 17 heavy (non-hydrogen) atoms. The van der Waals surface area contributed by atoms with E-state index in [0.717, 1.165) is 12.2 Å². The molecule has 0 bridgehead atoms. The molecule has 1 aliphatic rings. The van der Waals surface area contributed by atoms with E-state index in [4.69, 9.17) is 10.9 Å². The number of primary sulfonamides is 1. The molecule has 1 aromatic rings. The van der Waals surface area contributed by atoms with Crippen LogP contribution in [0.2, 0.25) is 0 Å². The van der Waals surface area contributed by atoms with Gasteiger partial charge in [0.2, 0.25) is 10.0 Å². The van der Waals surface area contributed by atoms with Crippen LogP contribution < -0.4 is 15.8 Å². The van der Waals surface area contributed by atoms with Gasteiger partial charge in [0.1, 0.15) is 4.90 Å². The second-order valence-electron chi connectivity index (χ2n) is 4.16. The van der Waals surface area contributed by atoms with Crippen molar-refractivity contribution in [3.8, 4) is 0 Å². The van der Waals surface area contributed by atoms with E-state index >= 15 is 0 Å². The summed E-state index contributed by atoms with van der Waals surface area (Å²) in [5.41, 5.74) is 6.59. The van der Waals surface area contributed by atoms with Crippen molar-refractivity contribution >= 4 is 21.4 Å². The van der Waals surface area contributed by atoms with Crippen LogP contribution in [0.5, 0.6) is 0 Å². The maximum absolute atomic E-state index is 11.2. The minimum Gasteiger partial charge on any atom is -0.398 e. The molecule has 0 aliphatic carbocycles. The zero-order valence-electron chi connectivity index (χ0n) is 9.20. The van der Waals surface area contributed by atoms with Gasteiger partial charge in [-0.05, 0) is 24.6 Å². The Morgan fingerprint density at radius 2 is 2.12 bits per heavy atom. The number of nitrogens with zero attached hydrogens (tertiary/aromatic N) is 1. The summed E-state index contributed by atoms with van der Waals surface area (Å²) in [7, 11) is -3.78. The Kier molecular flexibility index (Phi) is 2.98. The lowest BCUT2D eigenvalue weighted by Gasteiger charge is -2.18. The Morgan fingerprint density at radius 1 is 1.41 bits per heavy atom. The fourth-order valence-corrected chi connectivity index (χ4v) is 2.61. The zero-order valence-corrected chi connectivity index (χ0v) is 10.0. The third kappa shape index (κ3) is 2.51. The summed E-state index contributed by atoms with van der Waals surface area (Å²) >= 11 is 0. The molecule has 0 aromatic heterocycles. The Bertz CT molecular complexity index is 530. The van der Waals surface area contributed by atoms with Gasteiger partial charge in [-0.1, -0.05) is 0 Å². The Hall–Kier alpha value is -1.31. The van der Waals surface area contributed by atoms with E-state index in [1.807, 2.05) is 4.90 Å². The Balaban J connectivity index is 2.31. The number of aliphatic hydroxyl groups is 1. The van der Waals surface area contributed by atoms with E-state index in [1.54, 1.807) is 12.1 Å². The summed E-state index contributed by atoms with van der Waals surface area (Å²) in [4.78, 5) is 1.88. The minimum absolute atomic E-state index is 0.0685. The summed E-state index contributed by atoms with van der Waals surface area (Å²) in [6, 6.07) is 4.61. The highest BCUT2D eigenvalue weighted by atomic mass is 32.2. The number of aliphatic hydroxyl groups excluding tert-OH is 1. The number of rotatable bonds is 2. The molecule has 6 nitrogen and oxygen atoms in total. The van der Waals surface area contributed by atoms with Crippen LogP contribution in [0.3, 0.4) is 0 Å². The quantitative estimate of drug-likeness (QED) is 0.618. The number of nitrogen functional groups attached to an aromatic ring is 1. The van der Waals surface area contributed by atoms with Crippen LogP contribution in [0, 0.1) is 0 Å². The molecular formula is C10H15N3O3S. The van der Waals surface area contributed by atoms with Gasteiger partial charge < -0.3 is 15.7 Å². The van der Waals surface area contributed by atoms with E-state index in [9.17, 15) is 13.5 Å². The van der Waals surface area contributed by atoms with Gasteiger partial charge >= 0.3 is 0 Å². The van der Waals surface area contributed by atoms with Gasteiger partial charge in [-0.25, -0.2) is 13.6 Å². The van der Waals surface area contributed by atoms with Gasteiger partial charge in [-0.2, -0.15) is 0 Å². The standard InChI is InChI=1S/C10H15N3O3S/c11-9-5-7(13-4-3-8(14)6-13)1-2-10(9)17(12,15)16/h1-2,5,8,14H,3-4,6,11H2,(H2,12,15,16). The number of benzene rings is 1. The van der Waals surface area contributed by atoms with Gasteiger partial charge in [-0.15, -0.1) is 0 Å². The highest BCUT2D eigenvalue weighted by molar-refractivity contribution is 7.89. The van der Waals surface area contributed by atoms with Gasteiger partial charge in [0.05, 0.1) is 11.8 Å². The lowest BCUT2D eigenvalue weighted by Crippen LogP contribution is -2.22. The first kappa shape index (κ1) is 12.2. The molecule has 2 rings (SSSR count). The number of hydrogen-bond donors (Lipinski definition) is 3. The lowest BCUT2D eigenvalue weighted by atomic mass is 10.2. The monoisotopic (exact) mass is 257 g/mol. The molecule has 1 fully saturated rings. The first-order valence-electron chi connectivity index (χ1n) is 5.23. The highest BCUT2D eigenvalue weighted by Crippen LogP contribution is 2.26. The maximum Gasteiger partial charge on any atom is 0.240 e. The lowest BCUT2D eigenvalue weighted by molar-refractivity contribution is 0.198. The van der Waals surface area contributed by atoms with Crippen LogP contribution >= 0.6 is 0 Å². The van der Waals surface area contributed by atoms with E-state index < -0.39 is 10.0 Å². The smallest absolute Gasteiger partial charge is 0.240 e. The predicted octanol–water partition coefficient (Wildman–Crippen LogP) is -0.513. The first-order valence-corrected chi connectivity index (χ1v) is 6.78. The van der Waals surface area contributed by atoms with Gasteiger partial charge in [-0.3, -0.25) is 0 Å². The fourth-order valence-electron chi connectivity index (χ4n) is 1.97. The number of β-amino-alcohol motifs (C(OH)–C–C–N with tert-alkyl or cyclic N) is 1. The van der Waals surface area contributed by atoms with E-state index in [2.05, 4.69) is 0 Å². The van der Waals surface area contributed by atoms with Crippen molar-refractivity contribution in [2.24, 2.45) is 5.14 Å². The molecule has 1 saturated heterocycles. The number of sulfonamides is 1. The van der Waals surface area contributed by atoms with E-state index in [0.29, 0.717) is 13.0 Å². The second kappa shape index (κ2) is 4.17. The SMILES string of the molecule is Nc1cc(N2CCC(O)C2)ccc1S(N)(=O)=O. The predicted molar refractivity (Wildman–Crippen MR) is 65.1 cm³/mol. The average Bonchev–Trinajstić information content (AvgIpc) is 2.62. The zero-order chi connectivity index (χ0) is 12.6. The normalized spacial score (nSPS) is 20.8. The van der Waals surface area contributed by atoms with Crippen molar-refractivity contribution in [2.75, 3.05) is 23.7 Å². The Labute approximate surface area is 99.9 Å².